The van der Waals surface area contributed by atoms with Crippen LogP contribution in [0.25, 0.3) is 0 Å². The lowest BCUT2D eigenvalue weighted by Gasteiger charge is -2.19. The van der Waals surface area contributed by atoms with Crippen LogP contribution in [-0.2, 0) is 11.0 Å². The summed E-state index contributed by atoms with van der Waals surface area (Å²) < 4.78 is 49.4. The van der Waals surface area contributed by atoms with Gasteiger partial charge in [0.1, 0.15) is 5.75 Å². The molecular formula is C22H20F3N3O4. The highest BCUT2D eigenvalue weighted by atomic mass is 19.4. The number of furan rings is 1. The van der Waals surface area contributed by atoms with Gasteiger partial charge in [0.05, 0.1) is 24.9 Å². The number of imide groups is 1. The third kappa shape index (κ3) is 5.09. The highest BCUT2D eigenvalue weighted by Gasteiger charge is 2.31. The monoisotopic (exact) mass is 447 g/mol. The van der Waals surface area contributed by atoms with Gasteiger partial charge in [-0.15, -0.1) is 0 Å². The van der Waals surface area contributed by atoms with Crippen LogP contribution in [0, 0.1) is 0 Å². The van der Waals surface area contributed by atoms with E-state index in [-0.39, 0.29) is 17.2 Å². The van der Waals surface area contributed by atoms with Gasteiger partial charge in [0.15, 0.2) is 5.76 Å². The molecule has 3 rings (SSSR count). The number of ether oxygens (including phenoxy) is 1. The summed E-state index contributed by atoms with van der Waals surface area (Å²) in [6, 6.07) is 12.6. The fourth-order valence-electron chi connectivity index (χ4n) is 2.98. The highest BCUT2D eigenvalue weighted by Crippen LogP contribution is 2.35. The predicted molar refractivity (Wildman–Crippen MR) is 110 cm³/mol. The van der Waals surface area contributed by atoms with E-state index in [1.807, 2.05) is 0 Å². The number of carbonyl (C=O) groups excluding carboxylic acids is 2. The number of nitrogens with two attached hydrogens (primary N) is 1. The number of benzene rings is 2. The molecule has 168 valence electrons. The molecule has 1 aromatic heterocycles. The fourth-order valence-corrected chi connectivity index (χ4v) is 2.98. The summed E-state index contributed by atoms with van der Waals surface area (Å²) in [7, 11) is 1.27. The van der Waals surface area contributed by atoms with Crippen molar-refractivity contribution in [2.45, 2.75) is 19.0 Å². The Labute approximate surface area is 181 Å². The number of halogens is 3. The Morgan fingerprint density at radius 3 is 2.47 bits per heavy atom. The van der Waals surface area contributed by atoms with Crippen LogP contribution in [0.3, 0.4) is 0 Å². The van der Waals surface area contributed by atoms with E-state index in [0.717, 1.165) is 12.1 Å². The van der Waals surface area contributed by atoms with Crippen molar-refractivity contribution in [1.82, 2.24) is 5.01 Å². The first kappa shape index (κ1) is 22.9. The van der Waals surface area contributed by atoms with Crippen molar-refractivity contribution in [1.29, 1.82) is 0 Å². The van der Waals surface area contributed by atoms with Crippen molar-refractivity contribution in [3.63, 3.8) is 0 Å². The lowest BCUT2D eigenvalue weighted by Crippen LogP contribution is -2.44. The van der Waals surface area contributed by atoms with Crippen LogP contribution in [-0.4, -0.2) is 23.9 Å². The second-order valence-electron chi connectivity index (χ2n) is 6.91. The van der Waals surface area contributed by atoms with Crippen LogP contribution in [0.4, 0.5) is 24.5 Å². The molecule has 3 aromatic rings. The highest BCUT2D eigenvalue weighted by molar-refractivity contribution is 6.04. The minimum Gasteiger partial charge on any atom is -0.497 e. The normalized spacial score (nSPS) is 12.2. The van der Waals surface area contributed by atoms with Gasteiger partial charge in [-0.3, -0.25) is 9.59 Å². The lowest BCUT2D eigenvalue weighted by molar-refractivity contribution is -0.137. The third-order valence-electron chi connectivity index (χ3n) is 4.70. The van der Waals surface area contributed by atoms with E-state index < -0.39 is 29.5 Å². The molecule has 2 amide bonds. The third-order valence-corrected chi connectivity index (χ3v) is 4.70. The Morgan fingerprint density at radius 1 is 1.09 bits per heavy atom. The zero-order valence-corrected chi connectivity index (χ0v) is 17.1. The van der Waals surface area contributed by atoms with E-state index >= 15 is 0 Å². The molecular weight excluding hydrogens is 427 g/mol. The van der Waals surface area contributed by atoms with Crippen molar-refractivity contribution < 1.29 is 31.9 Å². The number of alkyl halides is 3. The van der Waals surface area contributed by atoms with Crippen molar-refractivity contribution in [2.75, 3.05) is 12.4 Å². The number of carbonyl (C=O) groups is 2. The van der Waals surface area contributed by atoms with Crippen LogP contribution in [0.1, 0.15) is 34.5 Å². The first-order valence-electron chi connectivity index (χ1n) is 9.40. The molecule has 0 saturated carbocycles. The Kier molecular flexibility index (Phi) is 6.54. The SMILES string of the molecule is COc1cc(Nc2cccc(C(C)C(=O)N(N)C(=O)c3ccco3)c2)cc(C(F)(F)F)c1. The van der Waals surface area contributed by atoms with Gasteiger partial charge in [-0.2, -0.15) is 13.2 Å². The van der Waals surface area contributed by atoms with E-state index in [0.29, 0.717) is 16.3 Å². The molecule has 0 spiro atoms. The van der Waals surface area contributed by atoms with Gasteiger partial charge < -0.3 is 14.5 Å². The molecule has 1 unspecified atom stereocenters. The summed E-state index contributed by atoms with van der Waals surface area (Å²) in [6.45, 7) is 1.56. The number of hydrazine groups is 1. The smallest absolute Gasteiger partial charge is 0.416 e. The summed E-state index contributed by atoms with van der Waals surface area (Å²) in [5.74, 6) is 3.36. The second kappa shape index (κ2) is 9.15. The molecule has 0 bridgehead atoms. The number of methoxy groups -OCH3 is 1. The van der Waals surface area contributed by atoms with Gasteiger partial charge in [0, 0.05) is 17.4 Å². The standard InChI is InChI=1S/C22H20F3N3O4/c1-13(20(29)28(26)21(30)19-7-4-8-32-19)14-5-3-6-16(9-14)27-17-10-15(22(23,24)25)11-18(12-17)31-2/h3-13,27H,26H2,1-2H3. The summed E-state index contributed by atoms with van der Waals surface area (Å²) in [4.78, 5) is 24.9. The lowest BCUT2D eigenvalue weighted by atomic mass is 9.99. The molecule has 0 aliphatic rings. The van der Waals surface area contributed by atoms with Crippen molar-refractivity contribution in [2.24, 2.45) is 5.84 Å². The molecule has 0 saturated heterocycles. The van der Waals surface area contributed by atoms with E-state index in [1.165, 1.54) is 31.6 Å². The number of amides is 2. The van der Waals surface area contributed by atoms with E-state index in [4.69, 9.17) is 15.0 Å². The van der Waals surface area contributed by atoms with Crippen molar-refractivity contribution in [3.05, 3.63) is 77.7 Å². The number of hydrogen-bond donors (Lipinski definition) is 2. The molecule has 0 aliphatic carbocycles. The summed E-state index contributed by atoms with van der Waals surface area (Å²) in [5.41, 5.74) is 0.224. The fraction of sp³-hybridized carbons (Fsp3) is 0.182. The van der Waals surface area contributed by atoms with Crippen molar-refractivity contribution in [3.8, 4) is 5.75 Å². The summed E-state index contributed by atoms with van der Waals surface area (Å²) in [5, 5.41) is 3.36. The maximum absolute atomic E-state index is 13.2. The van der Waals surface area contributed by atoms with Gasteiger partial charge in [0.2, 0.25) is 0 Å². The van der Waals surface area contributed by atoms with Gasteiger partial charge in [0.25, 0.3) is 5.91 Å². The van der Waals surface area contributed by atoms with Crippen LogP contribution < -0.4 is 15.9 Å². The summed E-state index contributed by atoms with van der Waals surface area (Å²) >= 11 is 0. The van der Waals surface area contributed by atoms with E-state index in [2.05, 4.69) is 5.32 Å². The predicted octanol–water partition coefficient (Wildman–Crippen LogP) is 4.70. The van der Waals surface area contributed by atoms with Gasteiger partial charge in [-0.25, -0.2) is 10.9 Å². The molecule has 1 heterocycles. The van der Waals surface area contributed by atoms with Crippen LogP contribution >= 0.6 is 0 Å². The number of nitrogens with one attached hydrogen (secondary N) is 1. The average molecular weight is 447 g/mol. The Bertz CT molecular complexity index is 1110. The van der Waals surface area contributed by atoms with Gasteiger partial charge in [-0.05, 0) is 48.9 Å². The van der Waals surface area contributed by atoms with Crippen molar-refractivity contribution >= 4 is 23.2 Å². The largest absolute Gasteiger partial charge is 0.497 e. The molecule has 0 fully saturated rings. The quantitative estimate of drug-likeness (QED) is 0.323. The Balaban J connectivity index is 1.81. The number of nitrogens with zero attached hydrogens (tertiary/aromatic N) is 1. The molecule has 10 heteroatoms. The minimum absolute atomic E-state index is 0.0391. The van der Waals surface area contributed by atoms with Crippen LogP contribution in [0.15, 0.2) is 65.3 Å². The Morgan fingerprint density at radius 2 is 1.84 bits per heavy atom. The molecule has 3 N–H and O–H groups in total. The summed E-state index contributed by atoms with van der Waals surface area (Å²) in [6.07, 6.45) is -3.26. The van der Waals surface area contributed by atoms with Gasteiger partial charge >= 0.3 is 12.1 Å². The van der Waals surface area contributed by atoms with E-state index in [1.54, 1.807) is 31.2 Å². The van der Waals surface area contributed by atoms with Gasteiger partial charge in [-0.1, -0.05) is 12.1 Å². The van der Waals surface area contributed by atoms with Crippen LogP contribution in [0.5, 0.6) is 5.75 Å². The molecule has 0 radical (unpaired) electrons. The first-order chi connectivity index (χ1) is 15.1. The molecule has 32 heavy (non-hydrogen) atoms. The number of rotatable bonds is 6. The number of anilines is 2. The van der Waals surface area contributed by atoms with Crippen LogP contribution in [0.2, 0.25) is 0 Å². The zero-order valence-electron chi connectivity index (χ0n) is 17.1. The molecule has 7 nitrogen and oxygen atoms in total. The van der Waals surface area contributed by atoms with E-state index in [9.17, 15) is 22.8 Å². The zero-order chi connectivity index (χ0) is 23.5. The Hall–Kier alpha value is -3.79. The molecule has 1 atom stereocenters. The second-order valence-corrected chi connectivity index (χ2v) is 6.91. The maximum atomic E-state index is 13.2. The maximum Gasteiger partial charge on any atom is 0.416 e. The molecule has 0 aliphatic heterocycles. The topological polar surface area (TPSA) is 97.8 Å². The minimum atomic E-state index is -4.54. The average Bonchev–Trinajstić information content (AvgIpc) is 3.31. The number of hydrogen-bond acceptors (Lipinski definition) is 6. The molecule has 2 aromatic carbocycles. The first-order valence-corrected chi connectivity index (χ1v) is 9.40.